The maximum Gasteiger partial charge on any atom is 0.315 e. The fourth-order valence-corrected chi connectivity index (χ4v) is 2.77. The summed E-state index contributed by atoms with van der Waals surface area (Å²) in [5, 5.41) is 0. The average Bonchev–Trinajstić information content (AvgIpc) is 2.69. The predicted molar refractivity (Wildman–Crippen MR) is 60.1 cm³/mol. The zero-order valence-electron chi connectivity index (χ0n) is 8.89. The summed E-state index contributed by atoms with van der Waals surface area (Å²) in [4.78, 5) is 11.8. The SMILES string of the molecule is CC1(C(=O)OC2CCCCC2)CC1(Cl)Cl. The van der Waals surface area contributed by atoms with Crippen LogP contribution in [-0.2, 0) is 9.53 Å². The molecule has 0 aliphatic heterocycles. The van der Waals surface area contributed by atoms with Crippen molar-refractivity contribution in [2.45, 2.75) is 55.9 Å². The number of hydrogen-bond donors (Lipinski definition) is 0. The molecule has 0 heterocycles. The van der Waals surface area contributed by atoms with E-state index in [2.05, 4.69) is 0 Å². The van der Waals surface area contributed by atoms with Gasteiger partial charge in [0.05, 0.1) is 0 Å². The van der Waals surface area contributed by atoms with Crippen LogP contribution < -0.4 is 0 Å². The Morgan fingerprint density at radius 1 is 1.27 bits per heavy atom. The summed E-state index contributed by atoms with van der Waals surface area (Å²) in [6, 6.07) is 0. The molecule has 0 N–H and O–H groups in total. The van der Waals surface area contributed by atoms with Crippen LogP contribution in [0.3, 0.4) is 0 Å². The largest absolute Gasteiger partial charge is 0.462 e. The first-order chi connectivity index (χ1) is 6.96. The Hall–Kier alpha value is 0.0500. The molecule has 2 fully saturated rings. The van der Waals surface area contributed by atoms with Gasteiger partial charge in [0.25, 0.3) is 0 Å². The van der Waals surface area contributed by atoms with Gasteiger partial charge in [0.2, 0.25) is 0 Å². The molecule has 0 bridgehead atoms. The number of esters is 1. The standard InChI is InChI=1S/C11H16Cl2O2/c1-10(7-11(10,12)13)9(14)15-8-5-3-2-4-6-8/h8H,2-7H2,1H3. The summed E-state index contributed by atoms with van der Waals surface area (Å²) in [6.45, 7) is 1.78. The van der Waals surface area contributed by atoms with E-state index in [-0.39, 0.29) is 12.1 Å². The molecule has 1 unspecified atom stereocenters. The molecule has 4 heteroatoms. The van der Waals surface area contributed by atoms with Crippen molar-refractivity contribution in [3.05, 3.63) is 0 Å². The van der Waals surface area contributed by atoms with Crippen molar-refractivity contribution in [2.75, 3.05) is 0 Å². The maximum atomic E-state index is 11.8. The summed E-state index contributed by atoms with van der Waals surface area (Å²) in [7, 11) is 0. The highest BCUT2D eigenvalue weighted by atomic mass is 35.5. The van der Waals surface area contributed by atoms with Gasteiger partial charge in [-0.1, -0.05) is 6.42 Å². The molecule has 0 aromatic heterocycles. The van der Waals surface area contributed by atoms with Crippen LogP contribution in [0.25, 0.3) is 0 Å². The van der Waals surface area contributed by atoms with Gasteiger partial charge in [-0.25, -0.2) is 0 Å². The molecular weight excluding hydrogens is 235 g/mol. The number of hydrogen-bond acceptors (Lipinski definition) is 2. The van der Waals surface area contributed by atoms with Crippen molar-refractivity contribution in [3.63, 3.8) is 0 Å². The highest BCUT2D eigenvalue weighted by molar-refractivity contribution is 6.53. The molecule has 15 heavy (non-hydrogen) atoms. The third-order valence-electron chi connectivity index (χ3n) is 3.53. The zero-order valence-corrected chi connectivity index (χ0v) is 10.4. The van der Waals surface area contributed by atoms with Gasteiger partial charge in [0, 0.05) is 6.42 Å². The van der Waals surface area contributed by atoms with Crippen molar-refractivity contribution in [1.29, 1.82) is 0 Å². The minimum absolute atomic E-state index is 0.0906. The number of ether oxygens (including phenoxy) is 1. The Bertz CT molecular complexity index is 272. The average molecular weight is 251 g/mol. The number of rotatable bonds is 2. The molecule has 2 aliphatic carbocycles. The molecule has 2 rings (SSSR count). The topological polar surface area (TPSA) is 26.3 Å². The third kappa shape index (κ3) is 2.12. The van der Waals surface area contributed by atoms with Gasteiger partial charge < -0.3 is 4.74 Å². The first-order valence-electron chi connectivity index (χ1n) is 5.55. The first kappa shape index (κ1) is 11.5. The maximum absolute atomic E-state index is 11.8. The van der Waals surface area contributed by atoms with Crippen LogP contribution in [0.4, 0.5) is 0 Å². The van der Waals surface area contributed by atoms with Gasteiger partial charge in [-0.3, -0.25) is 4.79 Å². The molecule has 0 amide bonds. The lowest BCUT2D eigenvalue weighted by Gasteiger charge is -2.23. The molecule has 2 aliphatic rings. The van der Waals surface area contributed by atoms with E-state index in [1.165, 1.54) is 6.42 Å². The highest BCUT2D eigenvalue weighted by Gasteiger charge is 2.69. The minimum atomic E-state index is -0.904. The van der Waals surface area contributed by atoms with E-state index >= 15 is 0 Å². The molecule has 0 radical (unpaired) electrons. The van der Waals surface area contributed by atoms with E-state index in [4.69, 9.17) is 27.9 Å². The third-order valence-corrected chi connectivity index (χ3v) is 4.64. The zero-order chi connectivity index (χ0) is 11.1. The highest BCUT2D eigenvalue weighted by Crippen LogP contribution is 2.64. The Morgan fingerprint density at radius 3 is 2.27 bits per heavy atom. The van der Waals surface area contributed by atoms with E-state index in [0.29, 0.717) is 6.42 Å². The fraction of sp³-hybridized carbons (Fsp3) is 0.909. The molecule has 1 atom stereocenters. The summed E-state index contributed by atoms with van der Waals surface area (Å²) in [6.07, 6.45) is 6.13. The Labute approximate surface area is 100 Å². The Kier molecular flexibility index (Phi) is 2.93. The lowest BCUT2D eigenvalue weighted by Crippen LogP contribution is -2.28. The summed E-state index contributed by atoms with van der Waals surface area (Å²) in [5.74, 6) is -0.223. The van der Waals surface area contributed by atoms with Crippen molar-refractivity contribution >= 4 is 29.2 Å². The van der Waals surface area contributed by atoms with Gasteiger partial charge in [-0.2, -0.15) is 0 Å². The van der Waals surface area contributed by atoms with Gasteiger partial charge in [0.15, 0.2) is 0 Å². The number of alkyl halides is 2. The summed E-state index contributed by atoms with van der Waals surface area (Å²) >= 11 is 11.9. The van der Waals surface area contributed by atoms with Crippen LogP contribution in [0.5, 0.6) is 0 Å². The van der Waals surface area contributed by atoms with Crippen molar-refractivity contribution in [1.82, 2.24) is 0 Å². The fourth-order valence-electron chi connectivity index (χ4n) is 2.09. The molecule has 0 saturated heterocycles. The van der Waals surface area contributed by atoms with Crippen LogP contribution in [0.1, 0.15) is 45.4 Å². The molecule has 2 nitrogen and oxygen atoms in total. The minimum Gasteiger partial charge on any atom is -0.462 e. The van der Waals surface area contributed by atoms with Crippen molar-refractivity contribution < 1.29 is 9.53 Å². The Balaban J connectivity index is 1.87. The normalized spacial score (nSPS) is 34.9. The van der Waals surface area contributed by atoms with Crippen molar-refractivity contribution in [2.24, 2.45) is 5.41 Å². The van der Waals surface area contributed by atoms with E-state index in [0.717, 1.165) is 25.7 Å². The van der Waals surface area contributed by atoms with Gasteiger partial charge in [-0.15, -0.1) is 23.2 Å². The molecule has 0 aromatic rings. The van der Waals surface area contributed by atoms with E-state index < -0.39 is 9.75 Å². The quantitative estimate of drug-likeness (QED) is 0.555. The molecule has 0 spiro atoms. The monoisotopic (exact) mass is 250 g/mol. The van der Waals surface area contributed by atoms with E-state index in [9.17, 15) is 4.79 Å². The molecular formula is C11H16Cl2O2. The predicted octanol–water partition coefficient (Wildman–Crippen LogP) is 3.45. The lowest BCUT2D eigenvalue weighted by atomic mass is 9.97. The van der Waals surface area contributed by atoms with Crippen LogP contribution >= 0.6 is 23.2 Å². The van der Waals surface area contributed by atoms with Crippen LogP contribution in [0.15, 0.2) is 0 Å². The Morgan fingerprint density at radius 2 is 1.80 bits per heavy atom. The lowest BCUT2D eigenvalue weighted by molar-refractivity contribution is -0.156. The molecule has 86 valence electrons. The number of carbonyl (C=O) groups is 1. The molecule has 0 aromatic carbocycles. The summed E-state index contributed by atoms with van der Waals surface area (Å²) < 4.78 is 4.54. The smallest absolute Gasteiger partial charge is 0.315 e. The van der Waals surface area contributed by atoms with Gasteiger partial charge >= 0.3 is 5.97 Å². The van der Waals surface area contributed by atoms with Crippen LogP contribution in [0, 0.1) is 5.41 Å². The van der Waals surface area contributed by atoms with E-state index in [1.54, 1.807) is 6.92 Å². The van der Waals surface area contributed by atoms with Gasteiger partial charge in [-0.05, 0) is 32.6 Å². The van der Waals surface area contributed by atoms with Crippen LogP contribution in [-0.4, -0.2) is 16.4 Å². The second-order valence-electron chi connectivity index (χ2n) is 4.88. The van der Waals surface area contributed by atoms with Crippen molar-refractivity contribution in [3.8, 4) is 0 Å². The number of carbonyl (C=O) groups excluding carboxylic acids is 1. The second kappa shape index (κ2) is 3.81. The van der Waals surface area contributed by atoms with Crippen LogP contribution in [0.2, 0.25) is 0 Å². The molecule has 2 saturated carbocycles. The summed E-state index contributed by atoms with van der Waals surface area (Å²) in [5.41, 5.74) is -0.673. The first-order valence-corrected chi connectivity index (χ1v) is 6.30. The number of halogens is 2. The van der Waals surface area contributed by atoms with Gasteiger partial charge in [0.1, 0.15) is 15.9 Å². The van der Waals surface area contributed by atoms with E-state index in [1.807, 2.05) is 0 Å². The second-order valence-corrected chi connectivity index (χ2v) is 6.36.